The molecule has 30 heavy (non-hydrogen) atoms. The molecule has 166 valence electrons. The van der Waals surface area contributed by atoms with E-state index in [0.717, 1.165) is 51.0 Å². The zero-order valence-corrected chi connectivity index (χ0v) is 17.8. The van der Waals surface area contributed by atoms with E-state index in [0.29, 0.717) is 6.42 Å². The summed E-state index contributed by atoms with van der Waals surface area (Å²) in [4.78, 5) is 34.8. The maximum atomic E-state index is 12.4. The Morgan fingerprint density at radius 1 is 0.967 bits per heavy atom. The van der Waals surface area contributed by atoms with Gasteiger partial charge in [0.25, 0.3) is 5.69 Å². The Hall–Kier alpha value is -2.90. The number of nitrogens with zero attached hydrogens (tertiary/aromatic N) is 1. The Morgan fingerprint density at radius 2 is 1.60 bits per heavy atom. The van der Waals surface area contributed by atoms with E-state index < -0.39 is 16.9 Å². The highest BCUT2D eigenvalue weighted by molar-refractivity contribution is 5.95. The summed E-state index contributed by atoms with van der Waals surface area (Å²) in [5.41, 5.74) is -0.196. The average Bonchev–Trinajstić information content (AvgIpc) is 2.73. The van der Waals surface area contributed by atoms with Crippen molar-refractivity contribution in [2.24, 2.45) is 0 Å². The normalized spacial score (nSPS) is 11.1. The second-order valence-corrected chi connectivity index (χ2v) is 6.79. The molecule has 0 unspecified atom stereocenters. The van der Waals surface area contributed by atoms with Crippen molar-refractivity contribution in [2.45, 2.75) is 65.2 Å². The quantitative estimate of drug-likeness (QED) is 0.0968. The van der Waals surface area contributed by atoms with Gasteiger partial charge in [0, 0.05) is 6.07 Å². The third-order valence-electron chi connectivity index (χ3n) is 4.18. The average molecular weight is 421 g/mol. The summed E-state index contributed by atoms with van der Waals surface area (Å²) in [7, 11) is 0. The minimum atomic E-state index is -0.819. The molecule has 1 aromatic rings. The first-order chi connectivity index (χ1) is 14.5. The topological polar surface area (TPSA) is 105 Å². The van der Waals surface area contributed by atoms with Crippen LogP contribution in [0.4, 0.5) is 5.69 Å². The van der Waals surface area contributed by atoms with Gasteiger partial charge in [0.05, 0.1) is 30.3 Å². The minimum Gasteiger partial charge on any atom is -0.462 e. The first-order valence-corrected chi connectivity index (χ1v) is 10.5. The van der Waals surface area contributed by atoms with Crippen LogP contribution in [-0.4, -0.2) is 30.1 Å². The van der Waals surface area contributed by atoms with Crippen LogP contribution >= 0.6 is 0 Å². The summed E-state index contributed by atoms with van der Waals surface area (Å²) in [6.07, 6.45) is 8.44. The summed E-state index contributed by atoms with van der Waals surface area (Å²) >= 11 is 0. The van der Waals surface area contributed by atoms with E-state index in [4.69, 9.17) is 14.2 Å². The van der Waals surface area contributed by atoms with Crippen LogP contribution in [0.1, 0.15) is 65.2 Å². The van der Waals surface area contributed by atoms with Crippen molar-refractivity contribution in [1.29, 1.82) is 0 Å². The smallest absolute Gasteiger partial charge is 0.374 e. The Bertz CT molecular complexity index is 715. The number of ether oxygens (including phenoxy) is 3. The fraction of sp³-hybridized carbons (Fsp3) is 0.545. The van der Waals surface area contributed by atoms with E-state index in [-0.39, 0.29) is 30.4 Å². The predicted octanol–water partition coefficient (Wildman–Crippen LogP) is 5.10. The van der Waals surface area contributed by atoms with Gasteiger partial charge in [-0.1, -0.05) is 58.4 Å². The molecule has 0 fully saturated rings. The number of benzene rings is 1. The van der Waals surface area contributed by atoms with Crippen molar-refractivity contribution in [3.63, 3.8) is 0 Å². The number of rotatable bonds is 15. The molecule has 0 atom stereocenters. The maximum Gasteiger partial charge on any atom is 0.374 e. The Morgan fingerprint density at radius 3 is 2.20 bits per heavy atom. The lowest BCUT2D eigenvalue weighted by molar-refractivity contribution is -0.384. The van der Waals surface area contributed by atoms with Crippen molar-refractivity contribution in [3.8, 4) is 5.75 Å². The van der Waals surface area contributed by atoms with Crippen molar-refractivity contribution < 1.29 is 28.7 Å². The summed E-state index contributed by atoms with van der Waals surface area (Å²) in [5, 5.41) is 10.9. The van der Waals surface area contributed by atoms with Crippen LogP contribution in [0.2, 0.25) is 0 Å². The van der Waals surface area contributed by atoms with Gasteiger partial charge < -0.3 is 14.2 Å². The van der Waals surface area contributed by atoms with Gasteiger partial charge in [-0.2, -0.15) is 0 Å². The predicted molar refractivity (Wildman–Crippen MR) is 112 cm³/mol. The minimum absolute atomic E-state index is 0.0501. The van der Waals surface area contributed by atoms with E-state index in [1.165, 1.54) is 24.3 Å². The number of hydrogen-bond donors (Lipinski definition) is 0. The Kier molecular flexibility index (Phi) is 12.6. The number of carbonyl (C=O) groups is 2. The summed E-state index contributed by atoms with van der Waals surface area (Å²) in [6, 6.07) is 5.34. The fourth-order valence-electron chi connectivity index (χ4n) is 2.53. The Balaban J connectivity index is 2.79. The van der Waals surface area contributed by atoms with Crippen molar-refractivity contribution in [2.75, 3.05) is 13.2 Å². The molecular formula is C22H31NO7. The molecule has 0 aliphatic carbocycles. The molecule has 0 heterocycles. The highest BCUT2D eigenvalue weighted by Gasteiger charge is 2.18. The summed E-state index contributed by atoms with van der Waals surface area (Å²) in [6.45, 7) is 4.60. The van der Waals surface area contributed by atoms with Crippen molar-refractivity contribution in [1.82, 2.24) is 0 Å². The first kappa shape index (κ1) is 25.1. The van der Waals surface area contributed by atoms with E-state index in [1.54, 1.807) is 0 Å². The lowest BCUT2D eigenvalue weighted by atomic mass is 10.2. The molecule has 0 saturated carbocycles. The number of carbonyl (C=O) groups excluding carboxylic acids is 2. The van der Waals surface area contributed by atoms with E-state index >= 15 is 0 Å². The lowest BCUT2D eigenvalue weighted by Crippen LogP contribution is -2.16. The fourth-order valence-corrected chi connectivity index (χ4v) is 2.53. The van der Waals surface area contributed by atoms with Crippen LogP contribution in [0.25, 0.3) is 0 Å². The monoisotopic (exact) mass is 421 g/mol. The number of nitro groups is 1. The second-order valence-electron chi connectivity index (χ2n) is 6.79. The highest BCUT2D eigenvalue weighted by atomic mass is 16.6. The zero-order chi connectivity index (χ0) is 22.2. The first-order valence-electron chi connectivity index (χ1n) is 10.5. The number of unbranched alkanes of at least 4 members (excludes halogenated alkanes) is 6. The number of esters is 2. The molecule has 0 aliphatic heterocycles. The molecule has 0 amide bonds. The van der Waals surface area contributed by atoms with E-state index in [1.807, 2.05) is 0 Å². The molecular weight excluding hydrogens is 390 g/mol. The van der Waals surface area contributed by atoms with Crippen LogP contribution in [0.3, 0.4) is 0 Å². The Labute approximate surface area is 177 Å². The van der Waals surface area contributed by atoms with E-state index in [9.17, 15) is 19.7 Å². The number of hydrogen-bond acceptors (Lipinski definition) is 7. The van der Waals surface area contributed by atoms with Gasteiger partial charge in [-0.3, -0.25) is 10.1 Å². The van der Waals surface area contributed by atoms with Crippen LogP contribution in [-0.2, 0) is 19.1 Å². The summed E-state index contributed by atoms with van der Waals surface area (Å²) < 4.78 is 15.7. The largest absolute Gasteiger partial charge is 0.462 e. The molecule has 0 radical (unpaired) electrons. The molecule has 0 bridgehead atoms. The highest BCUT2D eigenvalue weighted by Crippen LogP contribution is 2.21. The van der Waals surface area contributed by atoms with Gasteiger partial charge in [-0.05, 0) is 18.9 Å². The van der Waals surface area contributed by atoms with Crippen LogP contribution in [0, 0.1) is 10.1 Å². The van der Waals surface area contributed by atoms with Gasteiger partial charge in [-0.25, -0.2) is 9.59 Å². The molecule has 0 spiro atoms. The molecule has 0 aliphatic rings. The molecule has 8 nitrogen and oxygen atoms in total. The maximum absolute atomic E-state index is 12.4. The van der Waals surface area contributed by atoms with Gasteiger partial charge in [0.15, 0.2) is 0 Å². The van der Waals surface area contributed by atoms with Gasteiger partial charge in [0.2, 0.25) is 5.76 Å². The SMILES string of the molecule is CCCCCCOC(=O)/C=C(\Oc1cccc([N+](=O)[O-])c1)C(=O)OCCCCCC. The molecule has 0 saturated heterocycles. The third-order valence-corrected chi connectivity index (χ3v) is 4.18. The van der Waals surface area contributed by atoms with Crippen molar-refractivity contribution >= 4 is 17.6 Å². The number of non-ortho nitro benzene ring substituents is 1. The zero-order valence-electron chi connectivity index (χ0n) is 17.8. The molecule has 1 rings (SSSR count). The van der Waals surface area contributed by atoms with Gasteiger partial charge in [0.1, 0.15) is 5.75 Å². The van der Waals surface area contributed by atoms with Crippen LogP contribution < -0.4 is 4.74 Å². The summed E-state index contributed by atoms with van der Waals surface area (Å²) in [5.74, 6) is -1.87. The van der Waals surface area contributed by atoms with Crippen molar-refractivity contribution in [3.05, 3.63) is 46.2 Å². The molecule has 8 heteroatoms. The van der Waals surface area contributed by atoms with E-state index in [2.05, 4.69) is 13.8 Å². The van der Waals surface area contributed by atoms with Crippen LogP contribution in [0.5, 0.6) is 5.75 Å². The van der Waals surface area contributed by atoms with Crippen LogP contribution in [0.15, 0.2) is 36.1 Å². The van der Waals surface area contributed by atoms with Gasteiger partial charge in [-0.15, -0.1) is 0 Å². The molecule has 0 aromatic heterocycles. The molecule has 1 aromatic carbocycles. The third kappa shape index (κ3) is 10.6. The van der Waals surface area contributed by atoms with Gasteiger partial charge >= 0.3 is 11.9 Å². The lowest BCUT2D eigenvalue weighted by Gasteiger charge is -2.10. The second kappa shape index (κ2) is 15.0. The number of nitro benzene ring substituents is 1. The standard InChI is InChI=1S/C22H31NO7/c1-3-5-7-9-14-28-21(24)17-20(22(25)29-15-10-8-6-4-2)30-19-13-11-12-18(16-19)23(26)27/h11-13,16-17H,3-10,14-15H2,1-2H3/b20-17-. The molecule has 0 N–H and O–H groups in total.